The van der Waals surface area contributed by atoms with E-state index in [1.165, 1.54) is 18.0 Å². The number of aliphatic hydroxyl groups excluding tert-OH is 2. The lowest BCUT2D eigenvalue weighted by Crippen LogP contribution is -2.59. The Labute approximate surface area is 208 Å². The van der Waals surface area contributed by atoms with E-state index < -0.39 is 17.9 Å². The van der Waals surface area contributed by atoms with Crippen LogP contribution in [0.1, 0.15) is 39.2 Å². The maximum atomic E-state index is 14.7. The molecule has 0 aromatic carbocycles. The fraction of sp³-hybridized carbons (Fsp3) is 0.520. The number of piperidine rings is 1. The molecule has 0 amide bonds. The van der Waals surface area contributed by atoms with E-state index in [4.69, 9.17) is 0 Å². The molecule has 2 aliphatic rings. The fourth-order valence-corrected chi connectivity index (χ4v) is 4.84. The lowest BCUT2D eigenvalue weighted by atomic mass is 9.92. The zero-order chi connectivity index (χ0) is 25.8. The Balaban J connectivity index is 1.44. The van der Waals surface area contributed by atoms with Gasteiger partial charge in [0.15, 0.2) is 5.67 Å². The normalized spacial score (nSPS) is 28.5. The van der Waals surface area contributed by atoms with Crippen LogP contribution in [0.4, 0.5) is 32.2 Å². The molecule has 0 aliphatic carbocycles. The van der Waals surface area contributed by atoms with Crippen molar-refractivity contribution in [3.8, 4) is 0 Å². The van der Waals surface area contributed by atoms with E-state index in [0.29, 0.717) is 18.2 Å². The Morgan fingerprint density at radius 3 is 2.56 bits per heavy atom. The van der Waals surface area contributed by atoms with Gasteiger partial charge < -0.3 is 25.3 Å². The molecule has 2 aliphatic heterocycles. The third kappa shape index (κ3) is 4.30. The highest BCUT2D eigenvalue weighted by Gasteiger charge is 2.46. The maximum absolute atomic E-state index is 14.7. The second-order valence-electron chi connectivity index (χ2n) is 10.3. The van der Waals surface area contributed by atoms with E-state index in [-0.39, 0.29) is 37.1 Å². The van der Waals surface area contributed by atoms with Crippen LogP contribution < -0.4 is 15.1 Å². The highest BCUT2D eigenvalue weighted by molar-refractivity contribution is 5.96. The van der Waals surface area contributed by atoms with E-state index in [9.17, 15) is 19.0 Å². The molecule has 3 aromatic heterocycles. The first-order valence-corrected chi connectivity index (χ1v) is 12.1. The number of nitrogens with one attached hydrogen (secondary N) is 1. The minimum atomic E-state index is -2.12. The van der Waals surface area contributed by atoms with Crippen LogP contribution in [0.2, 0.25) is 0 Å². The first-order chi connectivity index (χ1) is 17.0. The molecule has 11 heteroatoms. The summed E-state index contributed by atoms with van der Waals surface area (Å²) in [7, 11) is 0. The van der Waals surface area contributed by atoms with Crippen LogP contribution in [0.25, 0.3) is 10.8 Å². The topological polar surface area (TPSA) is 111 Å². The Morgan fingerprint density at radius 2 is 1.89 bits per heavy atom. The zero-order valence-electron chi connectivity index (χ0n) is 20.7. The Morgan fingerprint density at radius 1 is 1.11 bits per heavy atom. The van der Waals surface area contributed by atoms with Crippen LogP contribution >= 0.6 is 0 Å². The molecule has 5 atom stereocenters. The minimum Gasteiger partial charge on any atom is -0.389 e. The zero-order valence-corrected chi connectivity index (χ0v) is 20.7. The highest BCUT2D eigenvalue weighted by Crippen LogP contribution is 2.36. The fourth-order valence-electron chi connectivity index (χ4n) is 4.84. The quantitative estimate of drug-likeness (QED) is 0.488. The van der Waals surface area contributed by atoms with E-state index in [1.54, 1.807) is 12.3 Å². The Hall–Kier alpha value is -3.18. The van der Waals surface area contributed by atoms with Gasteiger partial charge in [-0.25, -0.2) is 23.7 Å². The van der Waals surface area contributed by atoms with Crippen molar-refractivity contribution in [2.24, 2.45) is 0 Å². The number of halogens is 2. The predicted octanol–water partition coefficient (Wildman–Crippen LogP) is 3.10. The highest BCUT2D eigenvalue weighted by atomic mass is 19.2. The van der Waals surface area contributed by atoms with Crippen molar-refractivity contribution in [2.75, 3.05) is 34.8 Å². The molecule has 192 valence electrons. The average Bonchev–Trinajstić information content (AvgIpc) is 2.84. The minimum absolute atomic E-state index is 0.0196. The lowest BCUT2D eigenvalue weighted by molar-refractivity contribution is -0.0545. The monoisotopic (exact) mass is 499 g/mol. The van der Waals surface area contributed by atoms with Gasteiger partial charge in [-0.3, -0.25) is 0 Å². The summed E-state index contributed by atoms with van der Waals surface area (Å²) in [5, 5.41) is 24.9. The van der Waals surface area contributed by atoms with Gasteiger partial charge in [-0.1, -0.05) is 13.8 Å². The lowest BCUT2D eigenvalue weighted by Gasteiger charge is -2.44. The van der Waals surface area contributed by atoms with E-state index in [1.807, 2.05) is 19.2 Å². The van der Waals surface area contributed by atoms with Gasteiger partial charge in [0, 0.05) is 30.5 Å². The third-order valence-electron chi connectivity index (χ3n) is 7.14. The SMILES string of the molecule is CC(C)c1cnc(N2C[C@H](O)[C@H]2C)c2cnc(Nc3ccnc(N4C[C@H](F)[C@H](O)[C@@](C)(F)C4)n3)cc12. The van der Waals surface area contributed by atoms with Gasteiger partial charge in [0.1, 0.15) is 29.7 Å². The molecule has 3 aromatic rings. The number of alkyl halides is 2. The second-order valence-corrected chi connectivity index (χ2v) is 10.3. The molecule has 3 N–H and O–H groups in total. The second kappa shape index (κ2) is 9.04. The number of hydrogen-bond donors (Lipinski definition) is 3. The molecular formula is C25H31F2N7O2. The first-order valence-electron chi connectivity index (χ1n) is 12.1. The van der Waals surface area contributed by atoms with Gasteiger partial charge in [-0.15, -0.1) is 0 Å². The average molecular weight is 500 g/mol. The summed E-state index contributed by atoms with van der Waals surface area (Å²) in [5.74, 6) is 2.16. The Bertz CT molecular complexity index is 1270. The summed E-state index contributed by atoms with van der Waals surface area (Å²) in [5.41, 5.74) is -1.05. The van der Waals surface area contributed by atoms with Crippen molar-refractivity contribution in [2.45, 2.75) is 63.7 Å². The summed E-state index contributed by atoms with van der Waals surface area (Å²) in [6.07, 6.45) is 1.34. The number of anilines is 4. The predicted molar refractivity (Wildman–Crippen MR) is 134 cm³/mol. The van der Waals surface area contributed by atoms with Gasteiger partial charge >= 0.3 is 0 Å². The smallest absolute Gasteiger partial charge is 0.227 e. The third-order valence-corrected chi connectivity index (χ3v) is 7.14. The van der Waals surface area contributed by atoms with Crippen LogP contribution in [-0.2, 0) is 0 Å². The molecule has 36 heavy (non-hydrogen) atoms. The van der Waals surface area contributed by atoms with Crippen LogP contribution in [-0.4, -0.2) is 79.9 Å². The summed E-state index contributed by atoms with van der Waals surface area (Å²) < 4.78 is 28.9. The molecule has 9 nitrogen and oxygen atoms in total. The van der Waals surface area contributed by atoms with E-state index in [0.717, 1.165) is 22.2 Å². The van der Waals surface area contributed by atoms with Crippen molar-refractivity contribution in [1.82, 2.24) is 19.9 Å². The number of fused-ring (bicyclic) bond motifs is 1. The molecule has 0 radical (unpaired) electrons. The van der Waals surface area contributed by atoms with E-state index in [2.05, 4.69) is 44.0 Å². The molecule has 0 saturated carbocycles. The molecule has 2 saturated heterocycles. The molecule has 0 unspecified atom stereocenters. The number of aromatic nitrogens is 4. The van der Waals surface area contributed by atoms with Crippen molar-refractivity contribution >= 4 is 34.2 Å². The van der Waals surface area contributed by atoms with Gasteiger partial charge in [0.05, 0.1) is 25.2 Å². The summed E-state index contributed by atoms with van der Waals surface area (Å²) in [6, 6.07) is 3.57. The number of β-amino-alcohol motifs (C(OH)–C–C–N with tert-alkyl or cyclic N) is 1. The number of nitrogens with zero attached hydrogens (tertiary/aromatic N) is 6. The maximum Gasteiger partial charge on any atom is 0.227 e. The van der Waals surface area contributed by atoms with Crippen LogP contribution in [0, 0.1) is 0 Å². The van der Waals surface area contributed by atoms with Gasteiger partial charge in [-0.2, -0.15) is 4.98 Å². The molecule has 5 heterocycles. The number of rotatable bonds is 5. The van der Waals surface area contributed by atoms with Crippen LogP contribution in [0.15, 0.2) is 30.7 Å². The molecule has 5 rings (SSSR count). The molecular weight excluding hydrogens is 468 g/mol. The first kappa shape index (κ1) is 24.5. The van der Waals surface area contributed by atoms with Crippen molar-refractivity contribution < 1.29 is 19.0 Å². The largest absolute Gasteiger partial charge is 0.389 e. The molecule has 0 spiro atoms. The van der Waals surface area contributed by atoms with Crippen molar-refractivity contribution in [3.63, 3.8) is 0 Å². The van der Waals surface area contributed by atoms with Gasteiger partial charge in [0.25, 0.3) is 0 Å². The molecule has 0 bridgehead atoms. The summed E-state index contributed by atoms with van der Waals surface area (Å²) in [6.45, 7) is 7.45. The Kier molecular flexibility index (Phi) is 6.16. The van der Waals surface area contributed by atoms with Gasteiger partial charge in [0.2, 0.25) is 5.95 Å². The van der Waals surface area contributed by atoms with Gasteiger partial charge in [-0.05, 0) is 42.8 Å². The van der Waals surface area contributed by atoms with E-state index >= 15 is 0 Å². The number of pyridine rings is 2. The molecule has 2 fully saturated rings. The number of hydrogen-bond acceptors (Lipinski definition) is 9. The van der Waals surface area contributed by atoms with Crippen LogP contribution in [0.3, 0.4) is 0 Å². The number of aliphatic hydroxyl groups is 2. The summed E-state index contributed by atoms with van der Waals surface area (Å²) in [4.78, 5) is 21.3. The van der Waals surface area contributed by atoms with Crippen molar-refractivity contribution in [1.29, 1.82) is 0 Å². The summed E-state index contributed by atoms with van der Waals surface area (Å²) >= 11 is 0. The van der Waals surface area contributed by atoms with Crippen molar-refractivity contribution in [3.05, 3.63) is 36.3 Å². The standard InChI is InChI=1S/C25H31F2N7O2/c1-13(2)16-8-30-23(34-11-19(35)14(34)3)17-9-29-21(7-15(16)17)31-20-5-6-28-24(32-20)33-10-18(26)22(36)25(4,27)12-33/h5-9,13-14,18-19,22,35-36H,10-12H2,1-4H3,(H,28,29,31,32)/t14-,18+,19+,22+,25+/m1/s1. The van der Waals surface area contributed by atoms with Crippen LogP contribution in [0.5, 0.6) is 0 Å².